The predicted molar refractivity (Wildman–Crippen MR) is 91.7 cm³/mol. The van der Waals surface area contributed by atoms with Crippen LogP contribution in [0.5, 0.6) is 0 Å². The van der Waals surface area contributed by atoms with Crippen molar-refractivity contribution in [1.29, 1.82) is 0 Å². The fourth-order valence-electron chi connectivity index (χ4n) is 2.95. The number of anilines is 1. The first-order valence-electron chi connectivity index (χ1n) is 7.96. The number of carbonyl (C=O) groups is 1. The van der Waals surface area contributed by atoms with Crippen LogP contribution in [-0.2, 0) is 11.3 Å². The van der Waals surface area contributed by atoms with Gasteiger partial charge in [0.1, 0.15) is 0 Å². The van der Waals surface area contributed by atoms with E-state index in [2.05, 4.69) is 46.2 Å². The monoisotopic (exact) mass is 310 g/mol. The summed E-state index contributed by atoms with van der Waals surface area (Å²) >= 11 is 0. The Bertz CT molecular complexity index is 649. The maximum Gasteiger partial charge on any atom is 0.337 e. The maximum atomic E-state index is 11.7. The van der Waals surface area contributed by atoms with Crippen molar-refractivity contribution in [2.24, 2.45) is 0 Å². The lowest BCUT2D eigenvalue weighted by molar-refractivity contribution is 0.0601. The molecule has 1 saturated heterocycles. The van der Waals surface area contributed by atoms with Crippen molar-refractivity contribution in [3.05, 3.63) is 65.7 Å². The standard InChI is InChI=1S/C19H22N2O2/c1-23-19(22)17-8-5-9-18(14-17)21-12-10-20(11-13-21)15-16-6-3-2-4-7-16/h2-9,14H,10-13,15H2,1H3. The number of piperazine rings is 1. The van der Waals surface area contributed by atoms with E-state index in [0.717, 1.165) is 38.4 Å². The number of nitrogens with zero attached hydrogens (tertiary/aromatic N) is 2. The summed E-state index contributed by atoms with van der Waals surface area (Å²) in [5.41, 5.74) is 3.05. The highest BCUT2D eigenvalue weighted by atomic mass is 16.5. The number of hydrogen-bond acceptors (Lipinski definition) is 4. The fraction of sp³-hybridized carbons (Fsp3) is 0.316. The fourth-order valence-corrected chi connectivity index (χ4v) is 2.95. The first-order chi connectivity index (χ1) is 11.3. The van der Waals surface area contributed by atoms with Crippen molar-refractivity contribution >= 4 is 11.7 Å². The topological polar surface area (TPSA) is 32.8 Å². The molecule has 0 bridgehead atoms. The average molecular weight is 310 g/mol. The number of rotatable bonds is 4. The third kappa shape index (κ3) is 3.90. The number of ether oxygens (including phenoxy) is 1. The summed E-state index contributed by atoms with van der Waals surface area (Å²) in [4.78, 5) is 16.5. The summed E-state index contributed by atoms with van der Waals surface area (Å²) in [7, 11) is 1.41. The molecule has 1 heterocycles. The lowest BCUT2D eigenvalue weighted by Crippen LogP contribution is -2.46. The molecule has 0 N–H and O–H groups in total. The zero-order valence-corrected chi connectivity index (χ0v) is 13.4. The van der Waals surface area contributed by atoms with E-state index in [1.165, 1.54) is 12.7 Å². The molecule has 0 unspecified atom stereocenters. The highest BCUT2D eigenvalue weighted by molar-refractivity contribution is 5.90. The van der Waals surface area contributed by atoms with E-state index >= 15 is 0 Å². The van der Waals surface area contributed by atoms with Crippen LogP contribution >= 0.6 is 0 Å². The lowest BCUT2D eigenvalue weighted by Gasteiger charge is -2.36. The Kier molecular flexibility index (Phi) is 4.93. The van der Waals surface area contributed by atoms with Gasteiger partial charge in [0, 0.05) is 38.4 Å². The Hall–Kier alpha value is -2.33. The van der Waals surface area contributed by atoms with Crippen LogP contribution < -0.4 is 4.90 Å². The maximum absolute atomic E-state index is 11.7. The van der Waals surface area contributed by atoms with Crippen LogP contribution in [0.15, 0.2) is 54.6 Å². The molecule has 120 valence electrons. The van der Waals surface area contributed by atoms with Crippen LogP contribution in [0, 0.1) is 0 Å². The molecule has 0 aliphatic carbocycles. The average Bonchev–Trinajstić information content (AvgIpc) is 2.62. The second-order valence-corrected chi connectivity index (χ2v) is 5.79. The van der Waals surface area contributed by atoms with Crippen molar-refractivity contribution < 1.29 is 9.53 Å². The Morgan fingerprint density at radius 2 is 1.74 bits per heavy atom. The second kappa shape index (κ2) is 7.29. The molecule has 0 spiro atoms. The van der Waals surface area contributed by atoms with Gasteiger partial charge in [0.05, 0.1) is 12.7 Å². The largest absolute Gasteiger partial charge is 0.465 e. The van der Waals surface area contributed by atoms with Crippen molar-refractivity contribution in [1.82, 2.24) is 4.90 Å². The molecule has 3 rings (SSSR count). The number of carbonyl (C=O) groups excluding carboxylic acids is 1. The molecular formula is C19H22N2O2. The smallest absolute Gasteiger partial charge is 0.337 e. The normalized spacial score (nSPS) is 15.4. The summed E-state index contributed by atoms with van der Waals surface area (Å²) in [6, 6.07) is 18.2. The van der Waals surface area contributed by atoms with Gasteiger partial charge in [-0.3, -0.25) is 4.90 Å². The zero-order valence-electron chi connectivity index (χ0n) is 13.4. The van der Waals surface area contributed by atoms with E-state index in [4.69, 9.17) is 4.74 Å². The van der Waals surface area contributed by atoms with Gasteiger partial charge in [-0.15, -0.1) is 0 Å². The summed E-state index contributed by atoms with van der Waals surface area (Å²) in [5.74, 6) is -0.283. The predicted octanol–water partition coefficient (Wildman–Crippen LogP) is 2.80. The first kappa shape index (κ1) is 15.6. The van der Waals surface area contributed by atoms with Crippen LogP contribution in [0.25, 0.3) is 0 Å². The number of esters is 1. The molecule has 1 aliphatic rings. The van der Waals surface area contributed by atoms with Gasteiger partial charge in [-0.1, -0.05) is 36.4 Å². The Labute approximate surface area is 137 Å². The van der Waals surface area contributed by atoms with E-state index in [-0.39, 0.29) is 5.97 Å². The number of methoxy groups -OCH3 is 1. The van der Waals surface area contributed by atoms with E-state index in [0.29, 0.717) is 5.56 Å². The van der Waals surface area contributed by atoms with E-state index in [1.54, 1.807) is 6.07 Å². The van der Waals surface area contributed by atoms with Gasteiger partial charge in [0.2, 0.25) is 0 Å². The van der Waals surface area contributed by atoms with Crippen molar-refractivity contribution in [2.45, 2.75) is 6.54 Å². The molecule has 0 saturated carbocycles. The SMILES string of the molecule is COC(=O)c1cccc(N2CCN(Cc3ccccc3)CC2)c1. The Morgan fingerprint density at radius 1 is 1.00 bits per heavy atom. The van der Waals surface area contributed by atoms with Crippen molar-refractivity contribution in [3.8, 4) is 0 Å². The van der Waals surface area contributed by atoms with Crippen LogP contribution in [0.4, 0.5) is 5.69 Å². The van der Waals surface area contributed by atoms with Gasteiger partial charge in [0.25, 0.3) is 0 Å². The van der Waals surface area contributed by atoms with E-state index < -0.39 is 0 Å². The number of benzene rings is 2. The third-order valence-electron chi connectivity index (χ3n) is 4.25. The summed E-state index contributed by atoms with van der Waals surface area (Å²) in [6.07, 6.45) is 0. The molecule has 0 aromatic heterocycles. The molecule has 23 heavy (non-hydrogen) atoms. The molecule has 0 radical (unpaired) electrons. The van der Waals surface area contributed by atoms with Gasteiger partial charge < -0.3 is 9.64 Å². The quantitative estimate of drug-likeness (QED) is 0.813. The van der Waals surface area contributed by atoms with Gasteiger partial charge in [0.15, 0.2) is 0 Å². The highest BCUT2D eigenvalue weighted by Gasteiger charge is 2.18. The van der Waals surface area contributed by atoms with Gasteiger partial charge in [-0.2, -0.15) is 0 Å². The Balaban J connectivity index is 1.59. The summed E-state index contributed by atoms with van der Waals surface area (Å²) in [5, 5.41) is 0. The van der Waals surface area contributed by atoms with Gasteiger partial charge in [-0.25, -0.2) is 4.79 Å². The molecule has 1 aliphatic heterocycles. The van der Waals surface area contributed by atoms with Crippen molar-refractivity contribution in [2.75, 3.05) is 38.2 Å². The second-order valence-electron chi connectivity index (χ2n) is 5.79. The highest BCUT2D eigenvalue weighted by Crippen LogP contribution is 2.19. The molecular weight excluding hydrogens is 288 g/mol. The lowest BCUT2D eigenvalue weighted by atomic mass is 10.1. The molecule has 2 aromatic carbocycles. The minimum Gasteiger partial charge on any atom is -0.465 e. The van der Waals surface area contributed by atoms with Crippen molar-refractivity contribution in [3.63, 3.8) is 0 Å². The summed E-state index contributed by atoms with van der Waals surface area (Å²) < 4.78 is 4.80. The van der Waals surface area contributed by atoms with Crippen LogP contribution in [0.2, 0.25) is 0 Å². The van der Waals surface area contributed by atoms with E-state index in [1.807, 2.05) is 12.1 Å². The van der Waals surface area contributed by atoms with Gasteiger partial charge in [-0.05, 0) is 23.8 Å². The molecule has 1 fully saturated rings. The van der Waals surface area contributed by atoms with Gasteiger partial charge >= 0.3 is 5.97 Å². The first-order valence-corrected chi connectivity index (χ1v) is 7.96. The molecule has 0 amide bonds. The number of hydrogen-bond donors (Lipinski definition) is 0. The van der Waals surface area contributed by atoms with E-state index in [9.17, 15) is 4.79 Å². The molecule has 0 atom stereocenters. The molecule has 2 aromatic rings. The van der Waals surface area contributed by atoms with Crippen LogP contribution in [0.1, 0.15) is 15.9 Å². The summed E-state index contributed by atoms with van der Waals surface area (Å²) in [6.45, 7) is 4.99. The third-order valence-corrected chi connectivity index (χ3v) is 4.25. The van der Waals surface area contributed by atoms with Crippen LogP contribution in [-0.4, -0.2) is 44.2 Å². The zero-order chi connectivity index (χ0) is 16.1. The molecule has 4 nitrogen and oxygen atoms in total. The molecule has 4 heteroatoms. The van der Waals surface area contributed by atoms with Crippen LogP contribution in [0.3, 0.4) is 0 Å². The minimum atomic E-state index is -0.283. The minimum absolute atomic E-state index is 0.283. The Morgan fingerprint density at radius 3 is 2.43 bits per heavy atom.